The fourth-order valence-corrected chi connectivity index (χ4v) is 3.59. The Bertz CT molecular complexity index is 259. The van der Waals surface area contributed by atoms with Crippen molar-refractivity contribution in [2.24, 2.45) is 17.3 Å². The lowest BCUT2D eigenvalue weighted by molar-refractivity contribution is 0.0568. The lowest BCUT2D eigenvalue weighted by Gasteiger charge is -2.52. The second kappa shape index (κ2) is 4.91. The Morgan fingerprint density at radius 2 is 2.12 bits per heavy atom. The maximum Gasteiger partial charge on any atom is 0.00424 e. The van der Waals surface area contributed by atoms with Crippen LogP contribution in [0.2, 0.25) is 0 Å². The summed E-state index contributed by atoms with van der Waals surface area (Å²) in [7, 11) is 2.10. The first-order chi connectivity index (χ1) is 7.68. The molecule has 92 valence electrons. The first kappa shape index (κ1) is 12.2. The van der Waals surface area contributed by atoms with Crippen molar-refractivity contribution in [3.05, 3.63) is 11.6 Å². The van der Waals surface area contributed by atoms with Crippen LogP contribution in [0.3, 0.4) is 0 Å². The first-order valence-electron chi connectivity index (χ1n) is 7.02. The standard InChI is InChI=1S/C15H27N/c1-12(2)13-9-15(10-13,11-16-3)14-7-5-4-6-8-14/h7,12-13,16H,4-6,8-11H2,1-3H3. The number of rotatable bonds is 4. The number of nitrogens with one attached hydrogen (secondary N) is 1. The molecule has 0 aromatic carbocycles. The van der Waals surface area contributed by atoms with Gasteiger partial charge in [0.1, 0.15) is 0 Å². The molecule has 2 rings (SSSR count). The van der Waals surface area contributed by atoms with E-state index in [2.05, 4.69) is 32.3 Å². The van der Waals surface area contributed by atoms with Crippen molar-refractivity contribution in [1.82, 2.24) is 5.32 Å². The number of hydrogen-bond acceptors (Lipinski definition) is 1. The largest absolute Gasteiger partial charge is 0.319 e. The summed E-state index contributed by atoms with van der Waals surface area (Å²) < 4.78 is 0. The maximum absolute atomic E-state index is 3.43. The van der Waals surface area contributed by atoms with Gasteiger partial charge in [-0.05, 0) is 57.4 Å². The van der Waals surface area contributed by atoms with Crippen LogP contribution >= 0.6 is 0 Å². The van der Waals surface area contributed by atoms with E-state index in [0.717, 1.165) is 11.8 Å². The van der Waals surface area contributed by atoms with E-state index < -0.39 is 0 Å². The van der Waals surface area contributed by atoms with Crippen LogP contribution in [0.5, 0.6) is 0 Å². The summed E-state index contributed by atoms with van der Waals surface area (Å²) in [6.45, 7) is 5.95. The predicted octanol–water partition coefficient (Wildman–Crippen LogP) is 3.76. The summed E-state index contributed by atoms with van der Waals surface area (Å²) in [5.74, 6) is 1.84. The molecule has 1 saturated carbocycles. The molecule has 0 spiro atoms. The van der Waals surface area contributed by atoms with Crippen LogP contribution in [-0.2, 0) is 0 Å². The lowest BCUT2D eigenvalue weighted by atomic mass is 9.54. The highest BCUT2D eigenvalue weighted by Gasteiger charge is 2.46. The van der Waals surface area contributed by atoms with Crippen LogP contribution in [-0.4, -0.2) is 13.6 Å². The third-order valence-electron chi connectivity index (χ3n) is 4.74. The molecule has 1 fully saturated rings. The Hall–Kier alpha value is -0.300. The van der Waals surface area contributed by atoms with Crippen LogP contribution in [0, 0.1) is 17.3 Å². The minimum Gasteiger partial charge on any atom is -0.319 e. The van der Waals surface area contributed by atoms with Crippen molar-refractivity contribution in [3.8, 4) is 0 Å². The zero-order chi connectivity index (χ0) is 11.6. The summed E-state index contributed by atoms with van der Waals surface area (Å²) in [6.07, 6.45) is 10.9. The van der Waals surface area contributed by atoms with E-state index >= 15 is 0 Å². The fraction of sp³-hybridized carbons (Fsp3) is 0.867. The van der Waals surface area contributed by atoms with Gasteiger partial charge >= 0.3 is 0 Å². The topological polar surface area (TPSA) is 12.0 Å². The molecule has 1 nitrogen and oxygen atoms in total. The molecule has 0 amide bonds. The predicted molar refractivity (Wildman–Crippen MR) is 70.5 cm³/mol. The van der Waals surface area contributed by atoms with Gasteiger partial charge in [0.15, 0.2) is 0 Å². The molecular formula is C15H27N. The van der Waals surface area contributed by atoms with Gasteiger partial charge in [-0.2, -0.15) is 0 Å². The van der Waals surface area contributed by atoms with E-state index in [9.17, 15) is 0 Å². The summed E-state index contributed by atoms with van der Waals surface area (Å²) in [4.78, 5) is 0. The van der Waals surface area contributed by atoms with Gasteiger partial charge < -0.3 is 5.32 Å². The second-order valence-corrected chi connectivity index (χ2v) is 6.20. The third-order valence-corrected chi connectivity index (χ3v) is 4.74. The molecule has 0 atom stereocenters. The first-order valence-corrected chi connectivity index (χ1v) is 7.02. The van der Waals surface area contributed by atoms with Gasteiger partial charge in [0.2, 0.25) is 0 Å². The molecule has 0 bridgehead atoms. The smallest absolute Gasteiger partial charge is 0.00424 e. The Balaban J connectivity index is 2.04. The van der Waals surface area contributed by atoms with E-state index in [4.69, 9.17) is 0 Å². The van der Waals surface area contributed by atoms with Crippen molar-refractivity contribution in [1.29, 1.82) is 0 Å². The monoisotopic (exact) mass is 221 g/mol. The van der Waals surface area contributed by atoms with Gasteiger partial charge in [-0.3, -0.25) is 0 Å². The molecule has 0 radical (unpaired) electrons. The fourth-order valence-electron chi connectivity index (χ4n) is 3.59. The van der Waals surface area contributed by atoms with Gasteiger partial charge in [0.25, 0.3) is 0 Å². The molecular weight excluding hydrogens is 194 g/mol. The average molecular weight is 221 g/mol. The van der Waals surface area contributed by atoms with Crippen molar-refractivity contribution < 1.29 is 0 Å². The van der Waals surface area contributed by atoms with Gasteiger partial charge in [-0.1, -0.05) is 25.5 Å². The highest BCUT2D eigenvalue weighted by atomic mass is 14.8. The molecule has 0 unspecified atom stereocenters. The van der Waals surface area contributed by atoms with Crippen LogP contribution in [0.15, 0.2) is 11.6 Å². The second-order valence-electron chi connectivity index (χ2n) is 6.20. The van der Waals surface area contributed by atoms with E-state index in [1.54, 1.807) is 5.57 Å². The lowest BCUT2D eigenvalue weighted by Crippen LogP contribution is -2.47. The molecule has 0 heterocycles. The minimum atomic E-state index is 0.546. The van der Waals surface area contributed by atoms with Crippen molar-refractivity contribution in [2.75, 3.05) is 13.6 Å². The normalized spacial score (nSPS) is 34.8. The van der Waals surface area contributed by atoms with Crippen molar-refractivity contribution in [2.45, 2.75) is 52.4 Å². The minimum absolute atomic E-state index is 0.546. The summed E-state index contributed by atoms with van der Waals surface area (Å²) in [5.41, 5.74) is 2.33. The molecule has 1 N–H and O–H groups in total. The Morgan fingerprint density at radius 3 is 2.62 bits per heavy atom. The van der Waals surface area contributed by atoms with E-state index in [0.29, 0.717) is 5.41 Å². The number of hydrogen-bond donors (Lipinski definition) is 1. The Morgan fingerprint density at radius 1 is 1.38 bits per heavy atom. The Kier molecular flexibility index (Phi) is 3.73. The molecule has 0 aliphatic heterocycles. The zero-order valence-corrected chi connectivity index (χ0v) is 11.2. The number of allylic oxidation sites excluding steroid dienone is 1. The van der Waals surface area contributed by atoms with Crippen LogP contribution in [0.1, 0.15) is 52.4 Å². The van der Waals surface area contributed by atoms with Crippen LogP contribution in [0.25, 0.3) is 0 Å². The van der Waals surface area contributed by atoms with Crippen molar-refractivity contribution in [3.63, 3.8) is 0 Å². The SMILES string of the molecule is CNCC1(C2=CCCCC2)CC(C(C)C)C1. The van der Waals surface area contributed by atoms with Crippen LogP contribution < -0.4 is 5.32 Å². The average Bonchev–Trinajstić information content (AvgIpc) is 2.23. The summed E-state index contributed by atoms with van der Waals surface area (Å²) >= 11 is 0. The third kappa shape index (κ3) is 2.20. The van der Waals surface area contributed by atoms with E-state index in [1.807, 2.05) is 0 Å². The highest BCUT2D eigenvalue weighted by Crippen LogP contribution is 2.54. The summed E-state index contributed by atoms with van der Waals surface area (Å²) in [6, 6.07) is 0. The maximum atomic E-state index is 3.43. The zero-order valence-electron chi connectivity index (χ0n) is 11.2. The van der Waals surface area contributed by atoms with Crippen LogP contribution in [0.4, 0.5) is 0 Å². The quantitative estimate of drug-likeness (QED) is 0.713. The molecule has 0 saturated heterocycles. The van der Waals surface area contributed by atoms with Gasteiger partial charge in [-0.15, -0.1) is 0 Å². The molecule has 0 aromatic heterocycles. The molecule has 2 aliphatic rings. The Labute approximate surface area is 101 Å². The van der Waals surface area contributed by atoms with Gasteiger partial charge in [0, 0.05) is 12.0 Å². The van der Waals surface area contributed by atoms with Gasteiger partial charge in [0.05, 0.1) is 0 Å². The highest BCUT2D eigenvalue weighted by molar-refractivity contribution is 5.22. The van der Waals surface area contributed by atoms with Gasteiger partial charge in [-0.25, -0.2) is 0 Å². The molecule has 1 heteroatoms. The van der Waals surface area contributed by atoms with E-state index in [-0.39, 0.29) is 0 Å². The van der Waals surface area contributed by atoms with E-state index in [1.165, 1.54) is 45.1 Å². The molecule has 16 heavy (non-hydrogen) atoms. The molecule has 2 aliphatic carbocycles. The van der Waals surface area contributed by atoms with Crippen molar-refractivity contribution >= 4 is 0 Å². The molecule has 0 aromatic rings. The summed E-state index contributed by atoms with van der Waals surface area (Å²) in [5, 5.41) is 3.43.